The molecule has 2 unspecified atom stereocenters. The molecule has 4 aromatic heterocycles. The van der Waals surface area contributed by atoms with Gasteiger partial charge in [0.25, 0.3) is 0 Å². The molecule has 0 spiro atoms. The maximum absolute atomic E-state index is 11.7. The first-order valence-electron chi connectivity index (χ1n) is 35.5. The van der Waals surface area contributed by atoms with E-state index in [9.17, 15) is 28.8 Å². The first-order chi connectivity index (χ1) is 58.9. The van der Waals surface area contributed by atoms with Crippen molar-refractivity contribution in [2.45, 2.75) is 52.7 Å². The number of nitrogens with one attached hydrogen (secondary N) is 2. The number of aliphatic hydroxyl groups excluding tert-OH is 1. The van der Waals surface area contributed by atoms with Crippen molar-refractivity contribution < 1.29 is 121 Å². The number of carboxylic acid groups (broad SMARTS) is 1. The van der Waals surface area contributed by atoms with Crippen LogP contribution in [0.25, 0.3) is 64.2 Å². The maximum Gasteiger partial charge on any atom is 1.00 e. The number of thiocarbonyl (C=S) groups is 1. The molecule has 0 amide bonds. The van der Waals surface area contributed by atoms with Crippen molar-refractivity contribution in [3.05, 3.63) is 265 Å². The number of nitrogens with two attached hydrogens (primary N) is 3. The van der Waals surface area contributed by atoms with Crippen LogP contribution in [-0.2, 0) is 70.7 Å². The predicted octanol–water partition coefficient (Wildman–Crippen LogP) is 9.00. The molecular weight excluding hydrogens is 1850 g/mol. The van der Waals surface area contributed by atoms with Gasteiger partial charge in [-0.2, -0.15) is 10.4 Å². The molecule has 127 heavy (non-hydrogen) atoms. The fraction of sp³-hybridized carbons (Fsp3) is 0.181. The van der Waals surface area contributed by atoms with Crippen molar-refractivity contribution in [1.82, 2.24) is 59.5 Å². The number of aliphatic hydroxyl groups is 1. The molecule has 11 N–H and O–H groups in total. The number of thiol groups is 1. The Morgan fingerprint density at radius 3 is 1.32 bits per heavy atom. The molecule has 0 aliphatic carbocycles. The first kappa shape index (κ1) is 119. The van der Waals surface area contributed by atoms with Gasteiger partial charge >= 0.3 is 84.2 Å². The number of rotatable bonds is 17. The number of esters is 5. The van der Waals surface area contributed by atoms with Gasteiger partial charge < -0.3 is 63.4 Å². The Morgan fingerprint density at radius 1 is 0.622 bits per heavy atom. The SMILES string of the molecule is C#CC(=O)OC(C)C.C=O.CC(C)OC(=O)/C=C\n1cnc(-c2cccc(Cl)c2)n1.CSC(=N)c1cccc(Cl)c1.Clc1cccc(-c2ncn[nH]2)c1.N#Cc1cccc(Cl)c1.NC(=S)c1cccc(Cl)c1.NN.O=C(/C=C\n1cnc(-c2cccc(Cl)c2)n1)OCC1COC(=O)C1.O=C(O)/C=C\n1cnc(-c2cccc(Cl)c2)n1.O=C1CC(CO)CO1.[Li+].[Na+].[OH-].[SH-]. The van der Waals surface area contributed by atoms with E-state index >= 15 is 0 Å². The minimum absolute atomic E-state index is 0. The van der Waals surface area contributed by atoms with Crippen molar-refractivity contribution in [3.8, 4) is 64.0 Å². The van der Waals surface area contributed by atoms with Gasteiger partial charge in [0.15, 0.2) is 23.3 Å². The number of hydrogen-bond acceptors (Lipinski definition) is 29. The Hall–Kier alpha value is -10.4. The average Bonchev–Trinajstić information content (AvgIpc) is 1.73. The number of thioether (sulfide) groups is 1. The number of aliphatic carboxylic acids is 1. The number of nitriles is 1. The van der Waals surface area contributed by atoms with E-state index in [0.717, 1.165) is 45.3 Å². The quantitative estimate of drug-likeness (QED) is 0.00357. The van der Waals surface area contributed by atoms with Crippen LogP contribution in [0.1, 0.15) is 57.2 Å². The fourth-order valence-corrected chi connectivity index (χ4v) is 10.6. The number of nitrogens with zero attached hydrogens (tertiary/aromatic N) is 12. The van der Waals surface area contributed by atoms with Crippen molar-refractivity contribution >= 4 is 190 Å². The molecule has 0 saturated carbocycles. The number of hydrogen-bond donors (Lipinski definition) is 7. The molecule has 2 aliphatic heterocycles. The van der Waals surface area contributed by atoms with Crippen LogP contribution in [0.3, 0.4) is 0 Å². The van der Waals surface area contributed by atoms with E-state index in [4.69, 9.17) is 145 Å². The van der Waals surface area contributed by atoms with Crippen LogP contribution in [0.2, 0.25) is 35.2 Å². The van der Waals surface area contributed by atoms with Crippen LogP contribution in [0.15, 0.2) is 213 Å². The summed E-state index contributed by atoms with van der Waals surface area (Å²) in [5.41, 5.74) is 11.0. The number of halogens is 7. The number of hydrazine groups is 1. The van der Waals surface area contributed by atoms with Crippen LogP contribution in [0.5, 0.6) is 0 Å². The van der Waals surface area contributed by atoms with Crippen molar-refractivity contribution in [2.75, 3.05) is 32.7 Å². The van der Waals surface area contributed by atoms with E-state index < -0.39 is 23.9 Å². The first-order valence-corrected chi connectivity index (χ1v) is 39.8. The summed E-state index contributed by atoms with van der Waals surface area (Å²) in [6.45, 7) is 9.98. The summed E-state index contributed by atoms with van der Waals surface area (Å²) < 4.78 is 28.1. The van der Waals surface area contributed by atoms with E-state index in [0.29, 0.717) is 87.9 Å². The predicted molar refractivity (Wildman–Crippen MR) is 491 cm³/mol. The topological polar surface area (TPSA) is 496 Å². The second kappa shape index (κ2) is 67.8. The molecule has 0 bridgehead atoms. The number of carboxylic acids is 1. The van der Waals surface area contributed by atoms with Crippen LogP contribution in [0.4, 0.5) is 0 Å². The second-order valence-electron chi connectivity index (χ2n) is 24.2. The Morgan fingerprint density at radius 2 is 1.00 bits per heavy atom. The van der Waals surface area contributed by atoms with Gasteiger partial charge in [-0.25, -0.2) is 53.2 Å². The molecule has 6 heterocycles. The molecule has 2 aliphatic rings. The van der Waals surface area contributed by atoms with Crippen LogP contribution in [0, 0.1) is 40.9 Å². The molecule has 7 aromatic carbocycles. The maximum atomic E-state index is 11.7. The summed E-state index contributed by atoms with van der Waals surface area (Å²) in [6, 6.07) is 52.3. The van der Waals surface area contributed by atoms with Crippen molar-refractivity contribution in [1.29, 1.82) is 10.7 Å². The van der Waals surface area contributed by atoms with Crippen molar-refractivity contribution in [3.63, 3.8) is 0 Å². The summed E-state index contributed by atoms with van der Waals surface area (Å²) in [6.07, 6.45) is 20.6. The van der Waals surface area contributed by atoms with E-state index in [2.05, 4.69) is 66.6 Å². The van der Waals surface area contributed by atoms with Gasteiger partial charge in [-0.3, -0.25) is 31.8 Å². The minimum atomic E-state index is -1.04. The molecule has 44 heteroatoms. The summed E-state index contributed by atoms with van der Waals surface area (Å²) in [7, 11) is 0. The third kappa shape index (κ3) is 50.7. The summed E-state index contributed by atoms with van der Waals surface area (Å²) in [5.74, 6) is 9.05. The van der Waals surface area contributed by atoms with Gasteiger partial charge in [-0.15, -0.1) is 33.5 Å². The summed E-state index contributed by atoms with van der Waals surface area (Å²) in [5, 5.41) is 56.8. The van der Waals surface area contributed by atoms with Gasteiger partial charge in [-0.1, -0.05) is 172 Å². The molecule has 0 radical (unpaired) electrons. The van der Waals surface area contributed by atoms with Gasteiger partial charge in [0, 0.05) is 130 Å². The molecule has 660 valence electrons. The van der Waals surface area contributed by atoms with Crippen molar-refractivity contribution in [2.24, 2.45) is 29.3 Å². The second-order valence-corrected chi connectivity index (χ2v) is 28.6. The van der Waals surface area contributed by atoms with Gasteiger partial charge in [-0.05, 0) is 125 Å². The standard InChI is InChI=1S/C16H14ClN3O4.C14H14ClN3O2.C11H8ClN3O2.C8H6ClN3.C8H8ClNS.C7H6ClNS.C7H4ClN.C6H8O2.C5H8O3.CH2O.Li.H4N2.Na.H2O.H2S/c17-13-3-1-2-12(7-13)16-18-10-20(19-16)5-4-14(21)23-8-11-6-15(22)24-9-11;1-10(2)20-13(19)6-7-18-9-16-14(17-18)11-4-3-5-12(15)8-11;12-9-3-1-2-8(6-9)11-13-7-15(14-11)5-4-10(16)17;9-7-3-1-2-6(4-7)8-10-5-11-12-8;1-11-8(10)6-3-2-4-7(9)5-6;8-6-3-1-2-5(4-6)7(9)10;8-7-3-1-2-6(4-7)5-9;1-4-6(7)8-5(2)3;6-2-4-1-5(7)8-3-4;1-2;;1-2;;;/h1-5,7,10-11H,6,8-9H2;3-10H,1-2H3;1-7H,(H,16,17);1-5H,(H,10,11,12);2-5,10H,1H3;1-4H,(H2,9,10);1-4H;1,5H,2-3H3;4,6H,1-3H2;1H2;;1-2H2;;2*1H2/q;;;;;;;;;;+1;;+1;;/p-2/b5-4-;7-6-;5-4-;;;;;;;;;;;;. The number of H-pyrrole nitrogens is 1. The molecule has 11 aromatic rings. The van der Waals surface area contributed by atoms with Crippen LogP contribution >= 0.6 is 105 Å². The van der Waals surface area contributed by atoms with E-state index in [-0.39, 0.29) is 123 Å². The van der Waals surface area contributed by atoms with Gasteiger partial charge in [0.1, 0.15) is 37.1 Å². The van der Waals surface area contributed by atoms with E-state index in [1.807, 2.05) is 104 Å². The number of cyclic esters (lactones) is 2. The Bertz CT molecular complexity index is 5400. The van der Waals surface area contributed by atoms with Crippen LogP contribution < -0.4 is 65.8 Å². The number of aromatic amines is 1. The summed E-state index contributed by atoms with van der Waals surface area (Å²) >= 11 is 46.6. The number of benzene rings is 7. The average molecular weight is 1930 g/mol. The number of carbonyl (C=O) groups is 7. The molecule has 13 rings (SSSR count). The van der Waals surface area contributed by atoms with E-state index in [1.54, 1.807) is 119 Å². The Balaban J connectivity index is 0. The third-order valence-electron chi connectivity index (χ3n) is 14.1. The van der Waals surface area contributed by atoms with Gasteiger partial charge in [0.2, 0.25) is 0 Å². The summed E-state index contributed by atoms with van der Waals surface area (Å²) in [4.78, 5) is 89.5. The Labute approximate surface area is 817 Å². The number of terminal acetylenes is 1. The molecular formula is C83H84Cl7LiN17NaO15S3. The zero-order valence-electron chi connectivity index (χ0n) is 69.0. The monoisotopic (exact) mass is 1930 g/mol. The zero-order valence-corrected chi connectivity index (χ0v) is 78.8. The largest absolute Gasteiger partial charge is 1.00 e. The molecule has 2 saturated heterocycles. The smallest absolute Gasteiger partial charge is 0.870 e. The third-order valence-corrected chi connectivity index (χ3v) is 16.7. The molecule has 2 fully saturated rings. The normalized spacial score (nSPS) is 12.0. The van der Waals surface area contributed by atoms with Crippen LogP contribution in [-0.4, -0.2) is 173 Å². The minimum Gasteiger partial charge on any atom is -0.870 e. The number of ether oxygens (including phenoxy) is 5. The Kier molecular flexibility index (Phi) is 63.4. The van der Waals surface area contributed by atoms with Gasteiger partial charge in [0.05, 0.1) is 61.5 Å². The molecule has 32 nitrogen and oxygen atoms in total. The fourth-order valence-electron chi connectivity index (χ4n) is 8.78. The zero-order chi connectivity index (χ0) is 91.2. The van der Waals surface area contributed by atoms with E-state index in [1.165, 1.54) is 81.9 Å². The number of aromatic nitrogens is 12. The number of carbonyl (C=O) groups excluding carboxylic acids is 6. The molecule has 2 atom stereocenters.